The van der Waals surface area contributed by atoms with Gasteiger partial charge >= 0.3 is 0 Å². The van der Waals surface area contributed by atoms with E-state index < -0.39 is 23.5 Å². The lowest BCUT2D eigenvalue weighted by Gasteiger charge is -2.26. The van der Waals surface area contributed by atoms with E-state index in [0.29, 0.717) is 34.2 Å². The molecule has 0 aromatic heterocycles. The van der Waals surface area contributed by atoms with E-state index in [4.69, 9.17) is 42.1 Å². The van der Waals surface area contributed by atoms with Crippen molar-refractivity contribution < 1.29 is 33.6 Å². The molecule has 3 aromatic rings. The van der Waals surface area contributed by atoms with E-state index in [1.165, 1.54) is 37.3 Å². The highest BCUT2D eigenvalue weighted by atomic mass is 35.5. The van der Waals surface area contributed by atoms with Crippen molar-refractivity contribution in [3.8, 4) is 23.0 Å². The van der Waals surface area contributed by atoms with Gasteiger partial charge in [0.1, 0.15) is 5.76 Å². The first-order chi connectivity index (χ1) is 17.3. The number of hydrogen-bond donors (Lipinski definition) is 1. The van der Waals surface area contributed by atoms with E-state index in [9.17, 15) is 14.7 Å². The summed E-state index contributed by atoms with van der Waals surface area (Å²) < 4.78 is 21.6. The summed E-state index contributed by atoms with van der Waals surface area (Å²) in [6.07, 6.45) is 0. The number of aliphatic hydroxyl groups excluding tert-OH is 1. The first kappa shape index (κ1) is 23.8. The molecule has 0 bridgehead atoms. The number of carbonyl (C=O) groups is 2. The highest BCUT2D eigenvalue weighted by Crippen LogP contribution is 2.46. The maximum atomic E-state index is 13.4. The van der Waals surface area contributed by atoms with Crippen molar-refractivity contribution in [1.82, 2.24) is 0 Å². The third kappa shape index (κ3) is 3.88. The highest BCUT2D eigenvalue weighted by molar-refractivity contribution is 6.51. The van der Waals surface area contributed by atoms with E-state index in [0.717, 1.165) is 0 Å². The van der Waals surface area contributed by atoms with E-state index in [1.54, 1.807) is 36.4 Å². The van der Waals surface area contributed by atoms with Crippen LogP contribution < -0.4 is 23.8 Å². The monoisotopic (exact) mass is 527 g/mol. The molecule has 1 fully saturated rings. The molecule has 0 aliphatic carbocycles. The van der Waals surface area contributed by atoms with Crippen LogP contribution in [-0.2, 0) is 9.59 Å². The maximum absolute atomic E-state index is 13.4. The number of amides is 1. The number of ketones is 1. The van der Waals surface area contributed by atoms with Gasteiger partial charge in [-0.2, -0.15) is 0 Å². The van der Waals surface area contributed by atoms with Gasteiger partial charge in [0.25, 0.3) is 11.7 Å². The Balaban J connectivity index is 1.73. The number of fused-ring (bicyclic) bond motifs is 1. The Morgan fingerprint density at radius 3 is 2.39 bits per heavy atom. The van der Waals surface area contributed by atoms with Crippen molar-refractivity contribution in [3.63, 3.8) is 0 Å². The Labute approximate surface area is 216 Å². The Hall–Kier alpha value is -3.88. The molecule has 2 heterocycles. The molecule has 3 aromatic carbocycles. The van der Waals surface area contributed by atoms with Crippen LogP contribution in [0.4, 0.5) is 5.69 Å². The average Bonchev–Trinajstić information content (AvgIpc) is 3.46. The fourth-order valence-corrected chi connectivity index (χ4v) is 4.57. The summed E-state index contributed by atoms with van der Waals surface area (Å²) in [7, 11) is 2.98. The van der Waals surface area contributed by atoms with Gasteiger partial charge in [0, 0.05) is 17.3 Å². The number of aliphatic hydroxyl groups is 1. The topological polar surface area (TPSA) is 94.5 Å². The van der Waals surface area contributed by atoms with Crippen molar-refractivity contribution in [1.29, 1.82) is 0 Å². The molecule has 0 saturated carbocycles. The van der Waals surface area contributed by atoms with Gasteiger partial charge in [-0.15, -0.1) is 0 Å². The van der Waals surface area contributed by atoms with Crippen LogP contribution in [0.1, 0.15) is 17.2 Å². The molecular weight excluding hydrogens is 509 g/mol. The molecule has 10 heteroatoms. The Bertz CT molecular complexity index is 1440. The van der Waals surface area contributed by atoms with Gasteiger partial charge in [-0.05, 0) is 48.0 Å². The lowest BCUT2D eigenvalue weighted by Crippen LogP contribution is -2.29. The first-order valence-corrected chi connectivity index (χ1v) is 11.5. The van der Waals surface area contributed by atoms with Gasteiger partial charge in [0.2, 0.25) is 6.79 Å². The minimum atomic E-state index is -1.00. The quantitative estimate of drug-likeness (QED) is 0.271. The number of nitrogens with zero attached hydrogens (tertiary/aromatic N) is 1. The molecule has 0 radical (unpaired) electrons. The SMILES string of the molecule is COc1ccc(C2/C(=C(\O)c3ccc(Cl)c(Cl)c3)C(=O)C(=O)N2c2ccc3c(c2)OCO3)cc1OC. The molecule has 8 nitrogen and oxygen atoms in total. The zero-order valence-electron chi connectivity index (χ0n) is 19.1. The van der Waals surface area contributed by atoms with Crippen LogP contribution >= 0.6 is 23.2 Å². The molecule has 2 aliphatic rings. The second-order valence-electron chi connectivity index (χ2n) is 7.95. The number of methoxy groups -OCH3 is 2. The Kier molecular flexibility index (Phi) is 6.15. The smallest absolute Gasteiger partial charge is 0.300 e. The lowest BCUT2D eigenvalue weighted by molar-refractivity contribution is -0.132. The normalized spacial score (nSPS) is 18.0. The standard InChI is InChI=1S/C26H19Cl2NO7/c1-33-18-7-4-13(10-20(18)34-2)23-22(24(30)14-3-6-16(27)17(28)9-14)25(31)26(32)29(23)15-5-8-19-21(11-15)36-12-35-19/h3-11,23,30H,12H2,1-2H3/b24-22+. The van der Waals surface area contributed by atoms with Crippen LogP contribution in [0.2, 0.25) is 10.0 Å². The summed E-state index contributed by atoms with van der Waals surface area (Å²) >= 11 is 12.2. The van der Waals surface area contributed by atoms with E-state index in [-0.39, 0.29) is 28.0 Å². The third-order valence-electron chi connectivity index (χ3n) is 6.00. The van der Waals surface area contributed by atoms with Crippen molar-refractivity contribution in [3.05, 3.63) is 81.3 Å². The molecule has 184 valence electrons. The van der Waals surface area contributed by atoms with Gasteiger partial charge in [0.05, 0.1) is 35.9 Å². The van der Waals surface area contributed by atoms with Crippen LogP contribution in [0.15, 0.2) is 60.2 Å². The number of carbonyl (C=O) groups excluding carboxylic acids is 2. The number of anilines is 1. The number of ether oxygens (including phenoxy) is 4. The van der Waals surface area contributed by atoms with Crippen LogP contribution in [0.5, 0.6) is 23.0 Å². The average molecular weight is 528 g/mol. The Morgan fingerprint density at radius 2 is 1.67 bits per heavy atom. The fourth-order valence-electron chi connectivity index (χ4n) is 4.27. The molecule has 2 aliphatic heterocycles. The zero-order valence-corrected chi connectivity index (χ0v) is 20.6. The van der Waals surface area contributed by atoms with Crippen LogP contribution in [0.25, 0.3) is 5.76 Å². The lowest BCUT2D eigenvalue weighted by atomic mass is 9.94. The molecule has 5 rings (SSSR count). The largest absolute Gasteiger partial charge is 0.507 e. The molecule has 36 heavy (non-hydrogen) atoms. The van der Waals surface area contributed by atoms with Crippen molar-refractivity contribution in [2.75, 3.05) is 25.9 Å². The molecular formula is C26H19Cl2NO7. The van der Waals surface area contributed by atoms with Crippen molar-refractivity contribution in [2.24, 2.45) is 0 Å². The van der Waals surface area contributed by atoms with Crippen LogP contribution in [0.3, 0.4) is 0 Å². The predicted octanol–water partition coefficient (Wildman–Crippen LogP) is 5.37. The van der Waals surface area contributed by atoms with E-state index in [1.807, 2.05) is 0 Å². The molecule has 1 saturated heterocycles. The highest BCUT2D eigenvalue weighted by Gasteiger charge is 2.47. The molecule has 1 N–H and O–H groups in total. The zero-order chi connectivity index (χ0) is 25.6. The van der Waals surface area contributed by atoms with Gasteiger partial charge in [-0.25, -0.2) is 0 Å². The molecule has 1 atom stereocenters. The van der Waals surface area contributed by atoms with Gasteiger partial charge in [-0.3, -0.25) is 14.5 Å². The fraction of sp³-hybridized carbons (Fsp3) is 0.154. The maximum Gasteiger partial charge on any atom is 0.300 e. The summed E-state index contributed by atoms with van der Waals surface area (Å²) in [5.41, 5.74) is 1.00. The third-order valence-corrected chi connectivity index (χ3v) is 6.73. The van der Waals surface area contributed by atoms with Crippen LogP contribution in [0, 0.1) is 0 Å². The number of Topliss-reactive ketones (excluding diaryl/α,β-unsaturated/α-hetero) is 1. The van der Waals surface area contributed by atoms with Gasteiger partial charge in [-0.1, -0.05) is 29.3 Å². The summed E-state index contributed by atoms with van der Waals surface area (Å²) in [5.74, 6) is -0.272. The first-order valence-electron chi connectivity index (χ1n) is 10.7. The summed E-state index contributed by atoms with van der Waals surface area (Å²) in [5, 5.41) is 11.8. The molecule has 0 spiro atoms. The summed E-state index contributed by atoms with van der Waals surface area (Å²) in [6.45, 7) is 0.0496. The minimum Gasteiger partial charge on any atom is -0.507 e. The summed E-state index contributed by atoms with van der Waals surface area (Å²) in [6, 6.07) is 13.4. The number of halogens is 2. The van der Waals surface area contributed by atoms with E-state index in [2.05, 4.69) is 0 Å². The van der Waals surface area contributed by atoms with E-state index >= 15 is 0 Å². The number of benzene rings is 3. The Morgan fingerprint density at radius 1 is 0.917 bits per heavy atom. The van der Waals surface area contributed by atoms with Gasteiger partial charge in [0.15, 0.2) is 23.0 Å². The van der Waals surface area contributed by atoms with Gasteiger partial charge < -0.3 is 24.1 Å². The summed E-state index contributed by atoms with van der Waals surface area (Å²) in [4.78, 5) is 28.1. The van der Waals surface area contributed by atoms with Crippen molar-refractivity contribution >= 4 is 46.3 Å². The second-order valence-corrected chi connectivity index (χ2v) is 8.76. The predicted molar refractivity (Wildman–Crippen MR) is 133 cm³/mol. The number of hydrogen-bond acceptors (Lipinski definition) is 7. The molecule has 1 amide bonds. The number of rotatable bonds is 5. The minimum absolute atomic E-state index is 0.0496. The van der Waals surface area contributed by atoms with Crippen LogP contribution in [-0.4, -0.2) is 37.8 Å². The van der Waals surface area contributed by atoms with Crippen molar-refractivity contribution in [2.45, 2.75) is 6.04 Å². The second kappa shape index (κ2) is 9.29. The molecule has 1 unspecified atom stereocenters.